The largest absolute Gasteiger partial charge is 0.459 e. The van der Waals surface area contributed by atoms with Gasteiger partial charge in [0.05, 0.1) is 10.7 Å². The number of hydrogen-bond acceptors (Lipinski definition) is 3. The number of furan rings is 1. The standard InChI is InChI=1S/C15H10ClF3N2O3/c1-7-5-8-9(16)3-4-10(13(8)24-7)21-12(22)6-11(15(17,18)19)20(2)14(21)23/h3-6H,1-2H3. The lowest BCUT2D eigenvalue weighted by atomic mass is 10.2. The van der Waals surface area contributed by atoms with Gasteiger partial charge in [0.25, 0.3) is 5.56 Å². The highest BCUT2D eigenvalue weighted by molar-refractivity contribution is 6.35. The van der Waals surface area contributed by atoms with Gasteiger partial charge in [0.2, 0.25) is 0 Å². The zero-order chi connectivity index (χ0) is 17.8. The van der Waals surface area contributed by atoms with Crippen LogP contribution in [-0.2, 0) is 13.2 Å². The Morgan fingerprint density at radius 1 is 1.17 bits per heavy atom. The molecule has 0 aliphatic rings. The Bertz CT molecular complexity index is 1080. The molecule has 0 radical (unpaired) electrons. The molecule has 3 aromatic rings. The van der Waals surface area contributed by atoms with Crippen molar-refractivity contribution in [3.05, 3.63) is 61.6 Å². The van der Waals surface area contributed by atoms with Crippen LogP contribution in [0.15, 0.2) is 38.3 Å². The van der Waals surface area contributed by atoms with Gasteiger partial charge in [0, 0.05) is 18.5 Å². The maximum absolute atomic E-state index is 12.9. The minimum atomic E-state index is -4.82. The van der Waals surface area contributed by atoms with Crippen LogP contribution in [0.2, 0.25) is 5.02 Å². The van der Waals surface area contributed by atoms with Crippen molar-refractivity contribution >= 4 is 22.6 Å². The minimum Gasteiger partial charge on any atom is -0.459 e. The Labute approximate surface area is 137 Å². The number of hydrogen-bond donors (Lipinski definition) is 0. The summed E-state index contributed by atoms with van der Waals surface area (Å²) in [4.78, 5) is 24.5. The molecule has 0 aliphatic heterocycles. The summed E-state index contributed by atoms with van der Waals surface area (Å²) in [5, 5.41) is 0.794. The Morgan fingerprint density at radius 2 is 1.83 bits per heavy atom. The van der Waals surface area contributed by atoms with E-state index in [1.54, 1.807) is 13.0 Å². The van der Waals surface area contributed by atoms with Gasteiger partial charge in [0.1, 0.15) is 11.5 Å². The lowest BCUT2D eigenvalue weighted by Gasteiger charge is -2.14. The van der Waals surface area contributed by atoms with Gasteiger partial charge in [-0.3, -0.25) is 9.36 Å². The summed E-state index contributed by atoms with van der Waals surface area (Å²) in [5.74, 6) is 0.483. The normalized spacial score (nSPS) is 12.1. The highest BCUT2D eigenvalue weighted by Crippen LogP contribution is 2.31. The SMILES string of the molecule is Cc1cc2c(Cl)ccc(-n3c(=O)cc(C(F)(F)F)n(C)c3=O)c2o1. The van der Waals surface area contributed by atoms with E-state index in [1.165, 1.54) is 12.1 Å². The van der Waals surface area contributed by atoms with Gasteiger partial charge in [-0.05, 0) is 25.1 Å². The summed E-state index contributed by atoms with van der Waals surface area (Å²) < 4.78 is 45.2. The van der Waals surface area contributed by atoms with Crippen LogP contribution in [-0.4, -0.2) is 9.13 Å². The molecular weight excluding hydrogens is 349 g/mol. The lowest BCUT2D eigenvalue weighted by Crippen LogP contribution is -2.40. The Kier molecular flexibility index (Phi) is 3.60. The molecule has 24 heavy (non-hydrogen) atoms. The molecule has 0 atom stereocenters. The first-order valence-electron chi connectivity index (χ1n) is 6.70. The quantitative estimate of drug-likeness (QED) is 0.671. The zero-order valence-electron chi connectivity index (χ0n) is 12.4. The number of fused-ring (bicyclic) bond motifs is 1. The van der Waals surface area contributed by atoms with Crippen molar-refractivity contribution in [3.63, 3.8) is 0 Å². The van der Waals surface area contributed by atoms with Gasteiger partial charge < -0.3 is 4.42 Å². The van der Waals surface area contributed by atoms with E-state index in [0.717, 1.165) is 7.05 Å². The van der Waals surface area contributed by atoms with Crippen molar-refractivity contribution in [2.24, 2.45) is 7.05 Å². The average molecular weight is 359 g/mol. The highest BCUT2D eigenvalue weighted by Gasteiger charge is 2.35. The predicted molar refractivity (Wildman–Crippen MR) is 81.8 cm³/mol. The highest BCUT2D eigenvalue weighted by atomic mass is 35.5. The average Bonchev–Trinajstić information content (AvgIpc) is 2.86. The van der Waals surface area contributed by atoms with E-state index in [9.17, 15) is 22.8 Å². The van der Waals surface area contributed by atoms with Crippen LogP contribution in [0.1, 0.15) is 11.5 Å². The second kappa shape index (κ2) is 5.27. The van der Waals surface area contributed by atoms with E-state index >= 15 is 0 Å². The van der Waals surface area contributed by atoms with Crippen molar-refractivity contribution in [2.75, 3.05) is 0 Å². The molecule has 0 saturated carbocycles. The number of aromatic nitrogens is 2. The van der Waals surface area contributed by atoms with Crippen molar-refractivity contribution < 1.29 is 17.6 Å². The Morgan fingerprint density at radius 3 is 2.46 bits per heavy atom. The molecule has 0 saturated heterocycles. The van der Waals surface area contributed by atoms with Crippen LogP contribution in [0.4, 0.5) is 13.2 Å². The summed E-state index contributed by atoms with van der Waals surface area (Å²) in [5.41, 5.74) is -3.38. The van der Waals surface area contributed by atoms with Crippen molar-refractivity contribution in [2.45, 2.75) is 13.1 Å². The molecule has 0 spiro atoms. The summed E-state index contributed by atoms with van der Waals surface area (Å²) in [6, 6.07) is 4.78. The first-order valence-corrected chi connectivity index (χ1v) is 7.08. The summed E-state index contributed by atoms with van der Waals surface area (Å²) >= 11 is 6.05. The third-order valence-electron chi connectivity index (χ3n) is 3.58. The molecule has 0 bridgehead atoms. The van der Waals surface area contributed by atoms with E-state index in [4.69, 9.17) is 16.0 Å². The van der Waals surface area contributed by atoms with Crippen molar-refractivity contribution in [1.29, 1.82) is 0 Å². The smallest absolute Gasteiger partial charge is 0.431 e. The molecule has 0 aliphatic carbocycles. The van der Waals surface area contributed by atoms with Crippen LogP contribution >= 0.6 is 11.6 Å². The van der Waals surface area contributed by atoms with Crippen LogP contribution in [0, 0.1) is 6.92 Å². The van der Waals surface area contributed by atoms with E-state index < -0.39 is 23.1 Å². The van der Waals surface area contributed by atoms with Crippen LogP contribution in [0.5, 0.6) is 0 Å². The number of alkyl halides is 3. The van der Waals surface area contributed by atoms with Gasteiger partial charge in [0.15, 0.2) is 5.58 Å². The van der Waals surface area contributed by atoms with Crippen molar-refractivity contribution in [3.8, 4) is 5.69 Å². The first kappa shape index (κ1) is 16.4. The summed E-state index contributed by atoms with van der Waals surface area (Å²) in [7, 11) is 0.946. The van der Waals surface area contributed by atoms with Crippen LogP contribution < -0.4 is 11.2 Å². The van der Waals surface area contributed by atoms with E-state index in [2.05, 4.69) is 0 Å². The van der Waals surface area contributed by atoms with Gasteiger partial charge in [-0.15, -0.1) is 0 Å². The topological polar surface area (TPSA) is 57.1 Å². The van der Waals surface area contributed by atoms with E-state index in [-0.39, 0.29) is 11.3 Å². The fourth-order valence-corrected chi connectivity index (χ4v) is 2.70. The zero-order valence-corrected chi connectivity index (χ0v) is 13.2. The number of aryl methyl sites for hydroxylation is 1. The summed E-state index contributed by atoms with van der Waals surface area (Å²) in [6.45, 7) is 1.65. The number of rotatable bonds is 1. The Hall–Kier alpha value is -2.48. The minimum absolute atomic E-state index is 0.0295. The van der Waals surface area contributed by atoms with Gasteiger partial charge in [-0.1, -0.05) is 11.6 Å². The lowest BCUT2D eigenvalue weighted by molar-refractivity contribution is -0.144. The third-order valence-corrected chi connectivity index (χ3v) is 3.91. The molecule has 0 unspecified atom stereocenters. The second-order valence-corrected chi connectivity index (χ2v) is 5.62. The third kappa shape index (κ3) is 2.43. The van der Waals surface area contributed by atoms with Crippen LogP contribution in [0.25, 0.3) is 16.7 Å². The molecule has 9 heteroatoms. The number of benzene rings is 1. The molecule has 0 N–H and O–H groups in total. The summed E-state index contributed by atoms with van der Waals surface area (Å²) in [6.07, 6.45) is -4.82. The second-order valence-electron chi connectivity index (χ2n) is 5.21. The molecule has 5 nitrogen and oxygen atoms in total. The molecule has 0 amide bonds. The monoisotopic (exact) mass is 358 g/mol. The van der Waals surface area contributed by atoms with Crippen LogP contribution in [0.3, 0.4) is 0 Å². The van der Waals surface area contributed by atoms with E-state index in [0.29, 0.717) is 31.4 Å². The first-order chi connectivity index (χ1) is 11.1. The molecular formula is C15H10ClF3N2O3. The van der Waals surface area contributed by atoms with Crippen molar-refractivity contribution in [1.82, 2.24) is 9.13 Å². The number of nitrogens with zero attached hydrogens (tertiary/aromatic N) is 2. The predicted octanol–water partition coefficient (Wildman–Crippen LogP) is 3.26. The molecule has 1 aromatic carbocycles. The molecule has 2 heterocycles. The fraction of sp³-hybridized carbons (Fsp3) is 0.200. The maximum Gasteiger partial charge on any atom is 0.431 e. The fourth-order valence-electron chi connectivity index (χ4n) is 2.49. The number of halogens is 4. The maximum atomic E-state index is 12.9. The van der Waals surface area contributed by atoms with E-state index in [1.807, 2.05) is 0 Å². The molecule has 3 rings (SSSR count). The van der Waals surface area contributed by atoms with Gasteiger partial charge >= 0.3 is 11.9 Å². The molecule has 0 fully saturated rings. The van der Waals surface area contributed by atoms with Gasteiger partial charge in [-0.2, -0.15) is 13.2 Å². The molecule has 2 aromatic heterocycles. The molecule has 126 valence electrons. The van der Waals surface area contributed by atoms with Gasteiger partial charge in [-0.25, -0.2) is 9.36 Å². The Balaban J connectivity index is 2.41.